The minimum absolute atomic E-state index is 0.579. The monoisotopic (exact) mass is 301 g/mol. The van der Waals surface area contributed by atoms with Crippen molar-refractivity contribution in [1.82, 2.24) is 4.98 Å². The Bertz CT molecular complexity index is 641. The Balaban J connectivity index is 1.84. The van der Waals surface area contributed by atoms with Crippen LogP contribution in [-0.2, 0) is 17.1 Å². The van der Waals surface area contributed by atoms with Gasteiger partial charge >= 0.3 is 0 Å². The highest BCUT2D eigenvalue weighted by Gasteiger charge is 2.30. The summed E-state index contributed by atoms with van der Waals surface area (Å²) in [4.78, 5) is 5.73. The molecule has 0 aliphatic carbocycles. The number of pyridine rings is 1. The van der Waals surface area contributed by atoms with Crippen molar-refractivity contribution in [2.75, 3.05) is 0 Å². The summed E-state index contributed by atoms with van der Waals surface area (Å²) in [6.45, 7) is 6.42. The van der Waals surface area contributed by atoms with Gasteiger partial charge in [-0.3, -0.25) is 4.98 Å². The maximum atomic E-state index is 5.95. The van der Waals surface area contributed by atoms with Gasteiger partial charge in [0.15, 0.2) is 0 Å². The van der Waals surface area contributed by atoms with E-state index in [1.807, 2.05) is 33.0 Å². The van der Waals surface area contributed by atoms with E-state index in [1.54, 1.807) is 11.8 Å². The third-order valence-corrected chi connectivity index (χ3v) is 4.51. The Kier molecular flexibility index (Phi) is 3.91. The molecule has 1 aromatic carbocycles. The lowest BCUT2D eigenvalue weighted by atomic mass is 10.1. The summed E-state index contributed by atoms with van der Waals surface area (Å²) in [7, 11) is 0. The van der Waals surface area contributed by atoms with Crippen molar-refractivity contribution in [1.29, 1.82) is 0 Å². The van der Waals surface area contributed by atoms with Crippen molar-refractivity contribution in [3.8, 4) is 5.75 Å². The molecule has 0 saturated heterocycles. The molecule has 2 heterocycles. The van der Waals surface area contributed by atoms with Crippen LogP contribution in [0, 0.1) is 6.92 Å². The number of aryl methyl sites for hydroxylation is 1. The molecule has 1 aliphatic rings. The van der Waals surface area contributed by atoms with Gasteiger partial charge in [-0.1, -0.05) is 18.2 Å². The molecule has 3 rings (SSSR count). The summed E-state index contributed by atoms with van der Waals surface area (Å²) in [6, 6.07) is 10.4. The number of benzene rings is 1. The van der Waals surface area contributed by atoms with E-state index in [-0.39, 0.29) is 0 Å². The van der Waals surface area contributed by atoms with Gasteiger partial charge < -0.3 is 9.47 Å². The summed E-state index contributed by atoms with van der Waals surface area (Å²) in [6.07, 6.45) is 1.94. The van der Waals surface area contributed by atoms with Crippen molar-refractivity contribution in [3.63, 3.8) is 0 Å². The second-order valence-electron chi connectivity index (χ2n) is 5.57. The molecule has 110 valence electrons. The average Bonchev–Trinajstić information content (AvgIpc) is 2.47. The fourth-order valence-corrected chi connectivity index (χ4v) is 3.21. The topological polar surface area (TPSA) is 31.4 Å². The molecular formula is C17H19NO2S. The molecule has 2 aromatic rings. The van der Waals surface area contributed by atoms with E-state index in [4.69, 9.17) is 9.47 Å². The largest absolute Gasteiger partial charge is 0.461 e. The molecule has 0 amide bonds. The van der Waals surface area contributed by atoms with Gasteiger partial charge in [0, 0.05) is 36.3 Å². The molecule has 0 fully saturated rings. The molecule has 1 aromatic heterocycles. The zero-order chi connectivity index (χ0) is 14.9. The Labute approximate surface area is 129 Å². The van der Waals surface area contributed by atoms with E-state index >= 15 is 0 Å². The molecule has 1 aliphatic heterocycles. The highest BCUT2D eigenvalue weighted by atomic mass is 32.2. The Hall–Kier alpha value is -1.52. The smallest absolute Gasteiger partial charge is 0.205 e. The van der Waals surface area contributed by atoms with Crippen LogP contribution in [0.2, 0.25) is 0 Å². The van der Waals surface area contributed by atoms with Crippen LogP contribution in [0.25, 0.3) is 0 Å². The molecule has 4 heteroatoms. The quantitative estimate of drug-likeness (QED) is 0.790. The minimum atomic E-state index is -0.579. The first-order chi connectivity index (χ1) is 10.1. The van der Waals surface area contributed by atoms with Gasteiger partial charge in [0.2, 0.25) is 5.79 Å². The van der Waals surface area contributed by atoms with Crippen LogP contribution in [0.1, 0.15) is 30.7 Å². The van der Waals surface area contributed by atoms with Crippen molar-refractivity contribution in [2.45, 2.75) is 43.8 Å². The van der Waals surface area contributed by atoms with Crippen LogP contribution in [0.4, 0.5) is 0 Å². The van der Waals surface area contributed by atoms with Gasteiger partial charge in [-0.25, -0.2) is 0 Å². The van der Waals surface area contributed by atoms with Crippen LogP contribution in [0.5, 0.6) is 5.75 Å². The highest BCUT2D eigenvalue weighted by molar-refractivity contribution is 7.98. The van der Waals surface area contributed by atoms with Crippen LogP contribution in [0.15, 0.2) is 41.4 Å². The molecule has 0 saturated carbocycles. The maximum absolute atomic E-state index is 5.95. The summed E-state index contributed by atoms with van der Waals surface area (Å²) in [5.41, 5.74) is 3.24. The normalized spacial score (nSPS) is 16.1. The second kappa shape index (κ2) is 5.70. The summed E-state index contributed by atoms with van der Waals surface area (Å²) >= 11 is 1.80. The van der Waals surface area contributed by atoms with E-state index in [1.165, 1.54) is 10.5 Å². The number of fused-ring (bicyclic) bond motifs is 1. The zero-order valence-corrected chi connectivity index (χ0v) is 13.4. The van der Waals surface area contributed by atoms with Crippen molar-refractivity contribution >= 4 is 11.8 Å². The van der Waals surface area contributed by atoms with Gasteiger partial charge in [-0.15, -0.1) is 11.8 Å². The minimum Gasteiger partial charge on any atom is -0.461 e. The third-order valence-electron chi connectivity index (χ3n) is 3.45. The van der Waals surface area contributed by atoms with E-state index in [9.17, 15) is 0 Å². The van der Waals surface area contributed by atoms with E-state index < -0.39 is 5.79 Å². The van der Waals surface area contributed by atoms with Gasteiger partial charge in [0.25, 0.3) is 0 Å². The molecular weight excluding hydrogens is 282 g/mol. The average molecular weight is 301 g/mol. The fourth-order valence-electron chi connectivity index (χ4n) is 2.29. The first-order valence-electron chi connectivity index (χ1n) is 7.03. The number of thioether (sulfide) groups is 1. The van der Waals surface area contributed by atoms with Crippen molar-refractivity contribution in [3.05, 3.63) is 53.3 Å². The van der Waals surface area contributed by atoms with Gasteiger partial charge in [-0.2, -0.15) is 0 Å². The molecule has 0 bridgehead atoms. The zero-order valence-electron chi connectivity index (χ0n) is 12.6. The first kappa shape index (κ1) is 14.4. The van der Waals surface area contributed by atoms with Crippen LogP contribution in [-0.4, -0.2) is 10.8 Å². The van der Waals surface area contributed by atoms with Crippen molar-refractivity contribution < 1.29 is 9.47 Å². The lowest BCUT2D eigenvalue weighted by Crippen LogP contribution is -2.36. The van der Waals surface area contributed by atoms with Crippen LogP contribution in [0.3, 0.4) is 0 Å². The van der Waals surface area contributed by atoms with Gasteiger partial charge in [-0.05, 0) is 24.6 Å². The maximum Gasteiger partial charge on any atom is 0.205 e. The first-order valence-corrected chi connectivity index (χ1v) is 8.02. The van der Waals surface area contributed by atoms with Gasteiger partial charge in [0.05, 0.1) is 12.3 Å². The SMILES string of the molecule is Cc1ncc(CSc2ccccc2)c2c1OC(C)(C)OC2. The molecule has 0 radical (unpaired) electrons. The van der Waals surface area contributed by atoms with E-state index in [0.717, 1.165) is 22.8 Å². The predicted octanol–water partition coefficient (Wildman–Crippen LogP) is 4.33. The Morgan fingerprint density at radius 1 is 1.24 bits per heavy atom. The summed E-state index contributed by atoms with van der Waals surface area (Å²) in [5.74, 6) is 1.18. The highest BCUT2D eigenvalue weighted by Crippen LogP contribution is 2.37. The number of nitrogens with zero attached hydrogens (tertiary/aromatic N) is 1. The van der Waals surface area contributed by atoms with Gasteiger partial charge in [0.1, 0.15) is 5.75 Å². The molecule has 0 N–H and O–H groups in total. The Morgan fingerprint density at radius 2 is 2.00 bits per heavy atom. The number of aromatic nitrogens is 1. The predicted molar refractivity (Wildman–Crippen MR) is 84.5 cm³/mol. The summed E-state index contributed by atoms with van der Waals surface area (Å²) < 4.78 is 11.7. The molecule has 0 unspecified atom stereocenters. The van der Waals surface area contributed by atoms with E-state index in [2.05, 4.69) is 29.2 Å². The van der Waals surface area contributed by atoms with Crippen LogP contribution >= 0.6 is 11.8 Å². The lowest BCUT2D eigenvalue weighted by Gasteiger charge is -2.34. The molecule has 0 atom stereocenters. The molecule has 3 nitrogen and oxygen atoms in total. The number of rotatable bonds is 3. The molecule has 21 heavy (non-hydrogen) atoms. The fraction of sp³-hybridized carbons (Fsp3) is 0.353. The van der Waals surface area contributed by atoms with Crippen molar-refractivity contribution in [2.24, 2.45) is 0 Å². The van der Waals surface area contributed by atoms with Crippen LogP contribution < -0.4 is 4.74 Å². The summed E-state index contributed by atoms with van der Waals surface area (Å²) in [5, 5.41) is 0. The standard InChI is InChI=1S/C17H19NO2S/c1-12-16-15(10-19-17(2,3)20-16)13(9-18-12)11-21-14-7-5-4-6-8-14/h4-9H,10-11H2,1-3H3. The van der Waals surface area contributed by atoms with E-state index in [0.29, 0.717) is 6.61 Å². The number of hydrogen-bond donors (Lipinski definition) is 0. The Morgan fingerprint density at radius 3 is 2.76 bits per heavy atom. The number of hydrogen-bond acceptors (Lipinski definition) is 4. The second-order valence-corrected chi connectivity index (χ2v) is 6.62. The molecule has 0 spiro atoms. The third kappa shape index (κ3) is 3.22. The number of ether oxygens (including phenoxy) is 2. The lowest BCUT2D eigenvalue weighted by molar-refractivity contribution is -0.180.